The maximum Gasteiger partial charge on any atom is 0.0431 e. The van der Waals surface area contributed by atoms with E-state index in [9.17, 15) is 0 Å². The van der Waals surface area contributed by atoms with E-state index >= 15 is 0 Å². The largest absolute Gasteiger partial charge is 0.396 e. The summed E-state index contributed by atoms with van der Waals surface area (Å²) in [5.74, 6) is 0. The molecule has 0 aromatic heterocycles. The zero-order valence-electron chi connectivity index (χ0n) is 11.5. The number of anilines is 1. The molecule has 1 saturated heterocycles. The van der Waals surface area contributed by atoms with Crippen LogP contribution in [0.2, 0.25) is 5.02 Å². The number of nitrogens with zero attached hydrogens (tertiary/aromatic N) is 1. The van der Waals surface area contributed by atoms with E-state index in [1.165, 1.54) is 24.1 Å². The summed E-state index contributed by atoms with van der Waals surface area (Å²) in [5, 5.41) is 13.0. The van der Waals surface area contributed by atoms with E-state index in [1.54, 1.807) is 0 Å². The molecule has 0 spiro atoms. The minimum Gasteiger partial charge on any atom is -0.396 e. The molecule has 1 atom stereocenters. The highest BCUT2D eigenvalue weighted by atomic mass is 35.5. The van der Waals surface area contributed by atoms with E-state index < -0.39 is 0 Å². The van der Waals surface area contributed by atoms with Crippen LogP contribution in [0.4, 0.5) is 5.69 Å². The van der Waals surface area contributed by atoms with Crippen molar-refractivity contribution in [3.8, 4) is 0 Å². The molecule has 0 aliphatic carbocycles. The van der Waals surface area contributed by atoms with Gasteiger partial charge < -0.3 is 15.3 Å². The molecule has 0 amide bonds. The van der Waals surface area contributed by atoms with Crippen molar-refractivity contribution in [3.05, 3.63) is 28.8 Å². The first-order chi connectivity index (χ1) is 9.26. The molecule has 1 unspecified atom stereocenters. The lowest BCUT2D eigenvalue weighted by atomic mass is 10.1. The van der Waals surface area contributed by atoms with Crippen molar-refractivity contribution in [1.29, 1.82) is 0 Å². The Labute approximate surface area is 120 Å². The summed E-state index contributed by atoms with van der Waals surface area (Å²) in [6, 6.07) is 6.68. The van der Waals surface area contributed by atoms with E-state index in [2.05, 4.69) is 22.3 Å². The van der Waals surface area contributed by atoms with Crippen molar-refractivity contribution >= 4 is 17.3 Å². The Morgan fingerprint density at radius 2 is 2.32 bits per heavy atom. The maximum absolute atomic E-state index is 9.02. The first-order valence-electron chi connectivity index (χ1n) is 7.06. The molecular weight excluding hydrogens is 260 g/mol. The molecule has 1 fully saturated rings. The Hall–Kier alpha value is -0.770. The number of nitrogens with one attached hydrogen (secondary N) is 1. The van der Waals surface area contributed by atoms with Gasteiger partial charge in [0.05, 0.1) is 0 Å². The molecule has 1 aromatic carbocycles. The second-order valence-electron chi connectivity index (χ2n) is 5.16. The van der Waals surface area contributed by atoms with Gasteiger partial charge in [0, 0.05) is 36.4 Å². The predicted molar refractivity (Wildman–Crippen MR) is 80.9 cm³/mol. The van der Waals surface area contributed by atoms with Gasteiger partial charge in [-0.1, -0.05) is 17.7 Å². The van der Waals surface area contributed by atoms with E-state index in [4.69, 9.17) is 16.7 Å². The SMILES string of the molecule is CNCc1ccc(Cl)cc1N1CCCC1CCCO. The molecule has 0 saturated carbocycles. The highest BCUT2D eigenvalue weighted by Crippen LogP contribution is 2.32. The number of hydrogen-bond donors (Lipinski definition) is 2. The summed E-state index contributed by atoms with van der Waals surface area (Å²) in [6.45, 7) is 2.23. The summed E-state index contributed by atoms with van der Waals surface area (Å²) < 4.78 is 0. The Morgan fingerprint density at radius 1 is 1.47 bits per heavy atom. The third-order valence-corrected chi connectivity index (χ3v) is 4.03. The quantitative estimate of drug-likeness (QED) is 0.842. The maximum atomic E-state index is 9.02. The third kappa shape index (κ3) is 3.62. The number of halogens is 1. The lowest BCUT2D eigenvalue weighted by molar-refractivity contribution is 0.279. The Balaban J connectivity index is 2.20. The predicted octanol–water partition coefficient (Wildman–Crippen LogP) is 2.80. The normalized spacial score (nSPS) is 19.1. The van der Waals surface area contributed by atoms with Crippen molar-refractivity contribution in [3.63, 3.8) is 0 Å². The minimum atomic E-state index is 0.281. The van der Waals surface area contributed by atoms with Crippen LogP contribution in [0.1, 0.15) is 31.2 Å². The van der Waals surface area contributed by atoms with Crippen molar-refractivity contribution in [2.24, 2.45) is 0 Å². The molecule has 3 nitrogen and oxygen atoms in total. The van der Waals surface area contributed by atoms with Crippen molar-refractivity contribution in [2.75, 3.05) is 25.1 Å². The summed E-state index contributed by atoms with van der Waals surface area (Å²) >= 11 is 6.16. The second kappa shape index (κ2) is 7.13. The van der Waals surface area contributed by atoms with E-state index in [-0.39, 0.29) is 6.61 Å². The number of aliphatic hydroxyl groups excluding tert-OH is 1. The fraction of sp³-hybridized carbons (Fsp3) is 0.600. The molecule has 1 aliphatic heterocycles. The van der Waals surface area contributed by atoms with Crippen molar-refractivity contribution in [2.45, 2.75) is 38.3 Å². The third-order valence-electron chi connectivity index (χ3n) is 3.80. The summed E-state index contributed by atoms with van der Waals surface area (Å²) in [6.07, 6.45) is 4.37. The van der Waals surface area contributed by atoms with Crippen molar-refractivity contribution in [1.82, 2.24) is 5.32 Å². The van der Waals surface area contributed by atoms with E-state index in [0.717, 1.165) is 31.0 Å². The summed E-state index contributed by atoms with van der Waals surface area (Å²) in [7, 11) is 1.96. The van der Waals surface area contributed by atoms with Gasteiger partial charge in [0.15, 0.2) is 0 Å². The van der Waals surface area contributed by atoms with Gasteiger partial charge >= 0.3 is 0 Å². The summed E-state index contributed by atoms with van der Waals surface area (Å²) in [4.78, 5) is 2.47. The molecule has 0 radical (unpaired) electrons. The minimum absolute atomic E-state index is 0.281. The lowest BCUT2D eigenvalue weighted by Crippen LogP contribution is -2.30. The van der Waals surface area contributed by atoms with Crippen LogP contribution in [0.15, 0.2) is 18.2 Å². The fourth-order valence-corrected chi connectivity index (χ4v) is 3.09. The highest BCUT2D eigenvalue weighted by molar-refractivity contribution is 6.30. The second-order valence-corrected chi connectivity index (χ2v) is 5.60. The smallest absolute Gasteiger partial charge is 0.0431 e. The van der Waals surface area contributed by atoms with Crippen LogP contribution in [0.5, 0.6) is 0 Å². The fourth-order valence-electron chi connectivity index (χ4n) is 2.92. The molecule has 1 heterocycles. The number of rotatable bonds is 6. The van der Waals surface area contributed by atoms with Crippen LogP contribution in [0.25, 0.3) is 0 Å². The molecule has 1 aromatic rings. The zero-order valence-corrected chi connectivity index (χ0v) is 12.3. The monoisotopic (exact) mass is 282 g/mol. The van der Waals surface area contributed by atoms with Gasteiger partial charge in [-0.15, -0.1) is 0 Å². The van der Waals surface area contributed by atoms with Gasteiger partial charge in [-0.25, -0.2) is 0 Å². The van der Waals surface area contributed by atoms with Crippen LogP contribution in [-0.4, -0.2) is 31.3 Å². The molecule has 2 rings (SSSR count). The number of benzene rings is 1. The van der Waals surface area contributed by atoms with Gasteiger partial charge in [-0.2, -0.15) is 0 Å². The number of hydrogen-bond acceptors (Lipinski definition) is 3. The molecular formula is C15H23ClN2O. The standard InChI is InChI=1S/C15H23ClN2O/c1-17-11-12-6-7-13(16)10-15(12)18-8-2-4-14(18)5-3-9-19/h6-7,10,14,17,19H,2-5,8-9,11H2,1H3. The van der Waals surface area contributed by atoms with Gasteiger partial charge in [-0.05, 0) is 50.4 Å². The van der Waals surface area contributed by atoms with Gasteiger partial charge in [0.2, 0.25) is 0 Å². The average molecular weight is 283 g/mol. The van der Waals surface area contributed by atoms with Gasteiger partial charge in [-0.3, -0.25) is 0 Å². The van der Waals surface area contributed by atoms with Crippen LogP contribution in [0, 0.1) is 0 Å². The first-order valence-corrected chi connectivity index (χ1v) is 7.44. The van der Waals surface area contributed by atoms with Crippen LogP contribution in [-0.2, 0) is 6.54 Å². The average Bonchev–Trinajstić information content (AvgIpc) is 2.87. The molecule has 106 valence electrons. The Morgan fingerprint density at radius 3 is 3.05 bits per heavy atom. The van der Waals surface area contributed by atoms with Crippen LogP contribution < -0.4 is 10.2 Å². The summed E-state index contributed by atoms with van der Waals surface area (Å²) in [5.41, 5.74) is 2.55. The van der Waals surface area contributed by atoms with Crippen molar-refractivity contribution < 1.29 is 5.11 Å². The Bertz CT molecular complexity index is 411. The van der Waals surface area contributed by atoms with E-state index in [1.807, 2.05) is 13.1 Å². The number of aliphatic hydroxyl groups is 1. The highest BCUT2D eigenvalue weighted by Gasteiger charge is 2.25. The zero-order chi connectivity index (χ0) is 13.7. The van der Waals surface area contributed by atoms with E-state index in [0.29, 0.717) is 6.04 Å². The Kier molecular flexibility index (Phi) is 5.49. The van der Waals surface area contributed by atoms with Crippen LogP contribution >= 0.6 is 11.6 Å². The molecule has 0 bridgehead atoms. The first kappa shape index (κ1) is 14.6. The molecule has 4 heteroatoms. The van der Waals surface area contributed by atoms with Gasteiger partial charge in [0.25, 0.3) is 0 Å². The topological polar surface area (TPSA) is 35.5 Å². The molecule has 19 heavy (non-hydrogen) atoms. The lowest BCUT2D eigenvalue weighted by Gasteiger charge is -2.29. The molecule has 1 aliphatic rings. The van der Waals surface area contributed by atoms with Gasteiger partial charge in [0.1, 0.15) is 0 Å². The van der Waals surface area contributed by atoms with Crippen LogP contribution in [0.3, 0.4) is 0 Å². The molecule has 2 N–H and O–H groups in total.